The van der Waals surface area contributed by atoms with E-state index in [9.17, 15) is 9.59 Å². The van der Waals surface area contributed by atoms with E-state index in [1.807, 2.05) is 0 Å². The number of carbonyl (C=O) groups is 2. The van der Waals surface area contributed by atoms with Crippen LogP contribution < -0.4 is 17.6 Å². The number of aldehydes is 1. The Morgan fingerprint density at radius 2 is 1.77 bits per heavy atom. The summed E-state index contributed by atoms with van der Waals surface area (Å²) in [5, 5.41) is 9.25. The number of hydrogen-bond donors (Lipinski definition) is 4. The number of carboxylic acids is 1. The van der Waals surface area contributed by atoms with Crippen LogP contribution in [-0.2, 0) is 11.2 Å². The van der Waals surface area contributed by atoms with E-state index >= 15 is 0 Å². The number of hydrogen-bond acceptors (Lipinski definition) is 5. The lowest BCUT2D eigenvalue weighted by Crippen LogP contribution is -2.29. The lowest BCUT2D eigenvalue weighted by Gasteiger charge is -2.03. The molecule has 8 N–H and O–H groups in total. The minimum absolute atomic E-state index is 0. The van der Waals surface area contributed by atoms with E-state index in [4.69, 9.17) is 39.8 Å². The van der Waals surface area contributed by atoms with Crippen molar-refractivity contribution in [1.82, 2.24) is 6.15 Å². The van der Waals surface area contributed by atoms with Gasteiger partial charge in [0.1, 0.15) is 6.04 Å². The smallest absolute Gasteiger partial charge is 0.320 e. The van der Waals surface area contributed by atoms with E-state index in [1.165, 1.54) is 24.5 Å². The molecule has 0 radical (unpaired) electrons. The maximum absolute atomic E-state index is 10.2. The summed E-state index contributed by atoms with van der Waals surface area (Å²) in [7, 11) is 0. The Kier molecular flexibility index (Phi) is 19.2. The lowest BCUT2D eigenvalue weighted by molar-refractivity contribution is -0.138. The molecule has 0 amide bonds. The molecule has 0 aromatic heterocycles. The van der Waals surface area contributed by atoms with Crippen LogP contribution in [0.4, 0.5) is 0 Å². The zero-order valence-electron chi connectivity index (χ0n) is 17.4. The Morgan fingerprint density at radius 1 is 1.13 bits per heavy atom. The van der Waals surface area contributed by atoms with E-state index < -0.39 is 12.0 Å². The number of unbranched alkanes of at least 4 members (excludes halogenated alkanes) is 1. The number of nitrogens with two attached hydrogens (primary N) is 2. The highest BCUT2D eigenvalue weighted by atomic mass is 35.5. The molecule has 168 valence electrons. The fourth-order valence-corrected chi connectivity index (χ4v) is 2.62. The van der Waals surface area contributed by atoms with E-state index in [0.29, 0.717) is 34.9 Å². The number of carbonyl (C=O) groups excluding carboxylic acids is 1. The Balaban J connectivity index is 0. The Hall–Kier alpha value is -1.96. The highest BCUT2D eigenvalue weighted by Gasteiger charge is 2.09. The molecule has 30 heavy (non-hydrogen) atoms. The number of benzene rings is 2. The Bertz CT molecular complexity index is 716. The number of carboxylic acid groups (broad SMARTS) is 1. The Labute approximate surface area is 189 Å². The van der Waals surface area contributed by atoms with Crippen LogP contribution in [0.5, 0.6) is 0 Å². The molecule has 0 fully saturated rings. The molecule has 8 heteroatoms. The third-order valence-electron chi connectivity index (χ3n) is 3.76. The first kappa shape index (κ1) is 30.2. The fourth-order valence-electron chi connectivity index (χ4n) is 2.16. The van der Waals surface area contributed by atoms with Gasteiger partial charge >= 0.3 is 5.97 Å². The zero-order chi connectivity index (χ0) is 22.1. The first-order valence-corrected chi connectivity index (χ1v) is 10.2. The minimum atomic E-state index is -0.933. The molecule has 6 nitrogen and oxygen atoms in total. The maximum atomic E-state index is 10.2. The topological polar surface area (TPSA) is 141 Å². The molecule has 0 aliphatic carbocycles. The number of rotatable bonds is 8. The number of aryl methyl sites for hydroxylation is 1. The van der Waals surface area contributed by atoms with Gasteiger partial charge < -0.3 is 22.7 Å². The van der Waals surface area contributed by atoms with Crippen LogP contribution in [0.15, 0.2) is 48.5 Å². The van der Waals surface area contributed by atoms with Crippen molar-refractivity contribution in [1.29, 1.82) is 0 Å². The van der Waals surface area contributed by atoms with Crippen molar-refractivity contribution in [2.24, 2.45) is 11.5 Å². The zero-order valence-corrected chi connectivity index (χ0v) is 18.9. The van der Waals surface area contributed by atoms with Gasteiger partial charge in [-0.25, -0.2) is 0 Å². The molecule has 0 aliphatic rings. The maximum Gasteiger partial charge on any atom is 0.320 e. The summed E-state index contributed by atoms with van der Waals surface area (Å²) < 4.78 is 0. The largest absolute Gasteiger partial charge is 0.480 e. The minimum Gasteiger partial charge on any atom is -0.480 e. The van der Waals surface area contributed by atoms with Gasteiger partial charge in [-0.15, -0.1) is 0 Å². The van der Waals surface area contributed by atoms with E-state index in [2.05, 4.69) is 37.3 Å². The van der Waals surface area contributed by atoms with Crippen LogP contribution in [0.3, 0.4) is 0 Å². The molecular weight excluding hydrogens is 425 g/mol. The highest BCUT2D eigenvalue weighted by molar-refractivity contribution is 6.36. The number of aliphatic carboxylic acids is 1. The predicted octanol–water partition coefficient (Wildman–Crippen LogP) is 5.13. The van der Waals surface area contributed by atoms with Crippen molar-refractivity contribution in [3.63, 3.8) is 0 Å². The van der Waals surface area contributed by atoms with E-state index in [0.717, 1.165) is 12.8 Å². The fraction of sp³-hybridized carbons (Fsp3) is 0.364. The first-order chi connectivity index (χ1) is 13.8. The van der Waals surface area contributed by atoms with Gasteiger partial charge in [0.2, 0.25) is 0 Å². The summed E-state index contributed by atoms with van der Waals surface area (Å²) in [4.78, 5) is 20.3. The second-order valence-electron chi connectivity index (χ2n) is 6.25. The van der Waals surface area contributed by atoms with Gasteiger partial charge in [-0.2, -0.15) is 0 Å². The van der Waals surface area contributed by atoms with Crippen LogP contribution in [0.1, 0.15) is 48.5 Å². The van der Waals surface area contributed by atoms with Crippen molar-refractivity contribution in [3.05, 3.63) is 69.7 Å². The van der Waals surface area contributed by atoms with Gasteiger partial charge in [0.15, 0.2) is 6.29 Å². The van der Waals surface area contributed by atoms with Gasteiger partial charge in [0.05, 0.1) is 5.02 Å². The van der Waals surface area contributed by atoms with Crippen LogP contribution in [0.25, 0.3) is 0 Å². The van der Waals surface area contributed by atoms with Crippen LogP contribution in [0, 0.1) is 0 Å². The summed E-state index contributed by atoms with van der Waals surface area (Å²) in [5.41, 5.74) is 12.3. The van der Waals surface area contributed by atoms with Gasteiger partial charge in [-0.05, 0) is 49.6 Å². The van der Waals surface area contributed by atoms with Crippen molar-refractivity contribution in [2.75, 3.05) is 6.54 Å². The highest BCUT2D eigenvalue weighted by Crippen LogP contribution is 2.18. The quantitative estimate of drug-likeness (QED) is 0.319. The lowest BCUT2D eigenvalue weighted by atomic mass is 10.1. The van der Waals surface area contributed by atoms with Crippen molar-refractivity contribution in [3.8, 4) is 0 Å². The first-order valence-electron chi connectivity index (χ1n) is 9.48. The summed E-state index contributed by atoms with van der Waals surface area (Å²) in [5.74, 6) is -0.933. The Morgan fingerprint density at radius 3 is 2.23 bits per heavy atom. The van der Waals surface area contributed by atoms with Crippen LogP contribution in [0.2, 0.25) is 10.0 Å². The predicted molar refractivity (Wildman–Crippen MR) is 126 cm³/mol. The molecule has 0 bridgehead atoms. The molecule has 0 saturated carbocycles. The molecular formula is C22H33Cl2N3O3. The molecule has 0 unspecified atom stereocenters. The summed E-state index contributed by atoms with van der Waals surface area (Å²) in [6.07, 6.45) is 5.31. The second kappa shape index (κ2) is 19.0. The molecule has 0 spiro atoms. The van der Waals surface area contributed by atoms with Crippen molar-refractivity contribution in [2.45, 2.75) is 45.1 Å². The summed E-state index contributed by atoms with van der Waals surface area (Å²) >= 11 is 11.2. The van der Waals surface area contributed by atoms with Gasteiger partial charge in [0.25, 0.3) is 0 Å². The molecule has 2 aromatic carbocycles. The third-order valence-corrected chi connectivity index (χ3v) is 4.32. The standard InChI is InChI=1S/C9H12.C7H4Cl2O.C6H14N2O2.H3N/c1-2-6-9-7-4-3-5-8-9;8-6-2-1-5(4-10)7(9)3-6;7-4-2-1-3-5(8)6(9)10;/h3-5,7-8H,2,6H2,1H3;1-4H;5H,1-4,7-8H2,(H,9,10);1H3/t;;5-;/m..0./s1. The van der Waals surface area contributed by atoms with Crippen LogP contribution >= 0.6 is 23.2 Å². The molecule has 0 heterocycles. The monoisotopic (exact) mass is 457 g/mol. The molecule has 2 rings (SSSR count). The third kappa shape index (κ3) is 15.0. The SMILES string of the molecule is CCCc1ccccc1.N.NCCCC[C@H](N)C(=O)O.O=Cc1ccc(Cl)cc1Cl. The molecule has 2 aromatic rings. The van der Waals surface area contributed by atoms with Gasteiger partial charge in [-0.1, -0.05) is 73.3 Å². The average molecular weight is 458 g/mol. The average Bonchev–Trinajstić information content (AvgIpc) is 2.70. The van der Waals surface area contributed by atoms with Gasteiger partial charge in [-0.3, -0.25) is 9.59 Å². The number of halogens is 2. The van der Waals surface area contributed by atoms with Gasteiger partial charge in [0, 0.05) is 10.6 Å². The summed E-state index contributed by atoms with van der Waals surface area (Å²) in [6.45, 7) is 2.80. The molecule has 0 aliphatic heterocycles. The second-order valence-corrected chi connectivity index (χ2v) is 7.09. The van der Waals surface area contributed by atoms with Crippen LogP contribution in [-0.4, -0.2) is 29.9 Å². The van der Waals surface area contributed by atoms with Crippen molar-refractivity contribution >= 4 is 35.5 Å². The van der Waals surface area contributed by atoms with E-state index in [1.54, 1.807) is 12.1 Å². The molecule has 1 atom stereocenters. The summed E-state index contributed by atoms with van der Waals surface area (Å²) in [6, 6.07) is 14.6. The van der Waals surface area contributed by atoms with Crippen molar-refractivity contribution < 1.29 is 14.7 Å². The normalized spacial score (nSPS) is 10.3. The van der Waals surface area contributed by atoms with E-state index in [-0.39, 0.29) is 6.15 Å². The molecule has 0 saturated heterocycles.